The van der Waals surface area contributed by atoms with E-state index in [2.05, 4.69) is 10.6 Å². The zero-order chi connectivity index (χ0) is 23.0. The van der Waals surface area contributed by atoms with Crippen LogP contribution in [0, 0.1) is 0 Å². The number of aliphatic carboxylic acids is 2. The first-order valence-corrected chi connectivity index (χ1v) is 9.81. The molecule has 6 N–H and O–H groups in total. The van der Waals surface area contributed by atoms with Crippen LogP contribution in [0.1, 0.15) is 24.8 Å². The normalized spacial score (nSPS) is 17.5. The van der Waals surface area contributed by atoms with E-state index in [0.29, 0.717) is 24.9 Å². The van der Waals surface area contributed by atoms with Crippen molar-refractivity contribution in [3.8, 4) is 0 Å². The second kappa shape index (κ2) is 11.1. The summed E-state index contributed by atoms with van der Waals surface area (Å²) in [4.78, 5) is 61.2. The van der Waals surface area contributed by atoms with E-state index >= 15 is 0 Å². The van der Waals surface area contributed by atoms with Gasteiger partial charge in [0.1, 0.15) is 18.1 Å². The second-order valence-corrected chi connectivity index (χ2v) is 7.20. The Labute approximate surface area is 178 Å². The highest BCUT2D eigenvalue weighted by molar-refractivity contribution is 5.94. The van der Waals surface area contributed by atoms with Gasteiger partial charge in [0, 0.05) is 13.0 Å². The van der Waals surface area contributed by atoms with Crippen LogP contribution in [-0.2, 0) is 30.4 Å². The Morgan fingerprint density at radius 3 is 2.32 bits per heavy atom. The number of likely N-dealkylation sites (tertiary alicyclic amines) is 1. The summed E-state index contributed by atoms with van der Waals surface area (Å²) in [7, 11) is 0. The van der Waals surface area contributed by atoms with Gasteiger partial charge in [0.2, 0.25) is 17.7 Å². The van der Waals surface area contributed by atoms with Crippen molar-refractivity contribution in [3.63, 3.8) is 0 Å². The fraction of sp³-hybridized carbons (Fsp3) is 0.450. The molecule has 1 aliphatic heterocycles. The number of hydrogen-bond acceptors (Lipinski definition) is 6. The minimum absolute atomic E-state index is 0.0510. The number of rotatable bonds is 10. The maximum absolute atomic E-state index is 12.8. The fourth-order valence-corrected chi connectivity index (χ4v) is 3.43. The Morgan fingerprint density at radius 1 is 1.06 bits per heavy atom. The number of nitrogens with one attached hydrogen (secondary N) is 2. The number of carboxylic acids is 2. The Balaban J connectivity index is 2.18. The van der Waals surface area contributed by atoms with Crippen molar-refractivity contribution < 1.29 is 34.2 Å². The summed E-state index contributed by atoms with van der Waals surface area (Å²) in [5.74, 6) is -4.66. The molecule has 0 spiro atoms. The number of amides is 3. The van der Waals surface area contributed by atoms with Crippen molar-refractivity contribution in [3.05, 3.63) is 35.9 Å². The summed E-state index contributed by atoms with van der Waals surface area (Å²) >= 11 is 0. The molecular formula is C20H26N4O7. The Bertz CT molecular complexity index is 830. The molecule has 2 rings (SSSR count). The van der Waals surface area contributed by atoms with Crippen molar-refractivity contribution in [2.75, 3.05) is 13.1 Å². The van der Waals surface area contributed by atoms with E-state index in [1.165, 1.54) is 4.90 Å². The maximum atomic E-state index is 12.8. The molecule has 168 valence electrons. The molecule has 11 heteroatoms. The summed E-state index contributed by atoms with van der Waals surface area (Å²) in [6.07, 6.45) is 0.261. The molecule has 0 aliphatic carbocycles. The van der Waals surface area contributed by atoms with Crippen molar-refractivity contribution in [1.29, 1.82) is 0 Å². The van der Waals surface area contributed by atoms with Gasteiger partial charge in [-0.1, -0.05) is 30.3 Å². The van der Waals surface area contributed by atoms with Gasteiger partial charge in [0.15, 0.2) is 0 Å². The monoisotopic (exact) mass is 434 g/mol. The van der Waals surface area contributed by atoms with E-state index in [-0.39, 0.29) is 18.9 Å². The van der Waals surface area contributed by atoms with Crippen LogP contribution in [0.25, 0.3) is 0 Å². The number of carbonyl (C=O) groups is 5. The van der Waals surface area contributed by atoms with E-state index in [1.54, 1.807) is 30.3 Å². The zero-order valence-corrected chi connectivity index (χ0v) is 16.8. The highest BCUT2D eigenvalue weighted by Gasteiger charge is 2.36. The molecule has 3 unspecified atom stereocenters. The summed E-state index contributed by atoms with van der Waals surface area (Å²) in [6, 6.07) is 5.14. The van der Waals surface area contributed by atoms with Gasteiger partial charge in [-0.05, 0) is 18.4 Å². The molecule has 3 amide bonds. The minimum atomic E-state index is -1.65. The first kappa shape index (κ1) is 23.8. The Morgan fingerprint density at radius 2 is 1.74 bits per heavy atom. The maximum Gasteiger partial charge on any atom is 0.326 e. The van der Waals surface area contributed by atoms with Crippen LogP contribution >= 0.6 is 0 Å². The average molecular weight is 434 g/mol. The predicted molar refractivity (Wildman–Crippen MR) is 108 cm³/mol. The number of carboxylic acid groups (broad SMARTS) is 2. The van der Waals surface area contributed by atoms with Gasteiger partial charge < -0.3 is 31.5 Å². The van der Waals surface area contributed by atoms with E-state index in [0.717, 1.165) is 0 Å². The average Bonchev–Trinajstić information content (AvgIpc) is 3.22. The van der Waals surface area contributed by atoms with E-state index < -0.39 is 48.3 Å². The Kier molecular flexibility index (Phi) is 8.50. The molecule has 1 aromatic rings. The minimum Gasteiger partial charge on any atom is -0.481 e. The first-order valence-electron chi connectivity index (χ1n) is 9.81. The summed E-state index contributed by atoms with van der Waals surface area (Å²) in [5.41, 5.74) is 6.10. The number of carbonyl (C=O) groups excluding carboxylic acids is 3. The van der Waals surface area contributed by atoms with Crippen LogP contribution < -0.4 is 16.4 Å². The molecule has 0 saturated carbocycles. The quantitative estimate of drug-likeness (QED) is 0.302. The SMILES string of the molecule is NCC(=O)N1CCCC1C(=O)NC(Cc1ccccc1)C(=O)NC(CC(=O)O)C(=O)O. The highest BCUT2D eigenvalue weighted by Crippen LogP contribution is 2.18. The highest BCUT2D eigenvalue weighted by atomic mass is 16.4. The largest absolute Gasteiger partial charge is 0.481 e. The molecule has 1 aromatic carbocycles. The van der Waals surface area contributed by atoms with Crippen molar-refractivity contribution in [2.45, 2.75) is 43.8 Å². The van der Waals surface area contributed by atoms with Crippen LogP contribution in [0.15, 0.2) is 30.3 Å². The second-order valence-electron chi connectivity index (χ2n) is 7.20. The lowest BCUT2D eigenvalue weighted by atomic mass is 10.0. The fourth-order valence-electron chi connectivity index (χ4n) is 3.43. The smallest absolute Gasteiger partial charge is 0.326 e. The van der Waals surface area contributed by atoms with Crippen LogP contribution in [-0.4, -0.2) is 76.0 Å². The van der Waals surface area contributed by atoms with Crippen molar-refractivity contribution in [1.82, 2.24) is 15.5 Å². The van der Waals surface area contributed by atoms with Crippen LogP contribution in [0.5, 0.6) is 0 Å². The lowest BCUT2D eigenvalue weighted by Gasteiger charge is -2.26. The third-order valence-corrected chi connectivity index (χ3v) is 4.96. The van der Waals surface area contributed by atoms with Gasteiger partial charge in [0.05, 0.1) is 13.0 Å². The predicted octanol–water partition coefficient (Wildman–Crippen LogP) is -1.29. The molecular weight excluding hydrogens is 408 g/mol. The lowest BCUT2D eigenvalue weighted by Crippen LogP contribution is -2.56. The standard InChI is InChI=1S/C20H26N4O7/c21-11-16(25)24-8-4-7-15(24)19(29)22-13(9-12-5-2-1-3-6-12)18(28)23-14(20(30)31)10-17(26)27/h1-3,5-6,13-15H,4,7-11,21H2,(H,22,29)(H,23,28)(H,26,27)(H,30,31). The van der Waals surface area contributed by atoms with Crippen LogP contribution in [0.4, 0.5) is 0 Å². The molecule has 0 bridgehead atoms. The topological polar surface area (TPSA) is 179 Å². The number of nitrogens with two attached hydrogens (primary N) is 1. The van der Waals surface area contributed by atoms with E-state index in [1.807, 2.05) is 0 Å². The third-order valence-electron chi connectivity index (χ3n) is 4.96. The lowest BCUT2D eigenvalue weighted by molar-refractivity contribution is -0.147. The molecule has 0 radical (unpaired) electrons. The molecule has 1 aliphatic rings. The van der Waals surface area contributed by atoms with Crippen LogP contribution in [0.2, 0.25) is 0 Å². The van der Waals surface area contributed by atoms with Gasteiger partial charge in [-0.2, -0.15) is 0 Å². The summed E-state index contributed by atoms with van der Waals surface area (Å²) < 4.78 is 0. The third kappa shape index (κ3) is 6.78. The number of nitrogens with zero attached hydrogens (tertiary/aromatic N) is 1. The van der Waals surface area contributed by atoms with Gasteiger partial charge in [-0.25, -0.2) is 4.79 Å². The van der Waals surface area contributed by atoms with Crippen molar-refractivity contribution in [2.24, 2.45) is 5.73 Å². The number of benzene rings is 1. The summed E-state index contributed by atoms with van der Waals surface area (Å²) in [6.45, 7) is 0.135. The van der Waals surface area contributed by atoms with Gasteiger partial charge in [0.25, 0.3) is 0 Å². The molecule has 11 nitrogen and oxygen atoms in total. The van der Waals surface area contributed by atoms with E-state index in [4.69, 9.17) is 10.8 Å². The Hall–Kier alpha value is -3.47. The molecule has 0 aromatic heterocycles. The first-order chi connectivity index (χ1) is 14.7. The molecule has 1 heterocycles. The zero-order valence-electron chi connectivity index (χ0n) is 16.8. The number of hydrogen-bond donors (Lipinski definition) is 5. The van der Waals surface area contributed by atoms with E-state index in [9.17, 15) is 29.1 Å². The molecule has 1 fully saturated rings. The molecule has 31 heavy (non-hydrogen) atoms. The van der Waals surface area contributed by atoms with Crippen molar-refractivity contribution >= 4 is 29.7 Å². The van der Waals surface area contributed by atoms with Crippen LogP contribution in [0.3, 0.4) is 0 Å². The van der Waals surface area contributed by atoms with Gasteiger partial charge >= 0.3 is 11.9 Å². The van der Waals surface area contributed by atoms with Gasteiger partial charge in [-0.15, -0.1) is 0 Å². The summed E-state index contributed by atoms with van der Waals surface area (Å²) in [5, 5.41) is 22.8. The molecule has 3 atom stereocenters. The molecule has 1 saturated heterocycles. The van der Waals surface area contributed by atoms with Gasteiger partial charge in [-0.3, -0.25) is 19.2 Å².